The molecule has 0 aliphatic heterocycles. The molecule has 0 radical (unpaired) electrons. The van der Waals surface area contributed by atoms with Crippen molar-refractivity contribution in [1.82, 2.24) is 0 Å². The Labute approximate surface area is 157 Å². The zero-order valence-electron chi connectivity index (χ0n) is 16.7. The van der Waals surface area contributed by atoms with Crippen molar-refractivity contribution >= 4 is 11.9 Å². The van der Waals surface area contributed by atoms with Gasteiger partial charge in [-0.25, -0.2) is 0 Å². The summed E-state index contributed by atoms with van der Waals surface area (Å²) in [6.07, 6.45) is 5.61. The molecule has 0 heterocycles. The normalized spacial score (nSPS) is 10.9. The van der Waals surface area contributed by atoms with Gasteiger partial charge in [-0.1, -0.05) is 66.4 Å². The summed E-state index contributed by atoms with van der Waals surface area (Å²) in [4.78, 5) is 24.0. The number of carbonyl (C=O) groups excluding carboxylic acids is 2. The van der Waals surface area contributed by atoms with Crippen molar-refractivity contribution in [3.63, 3.8) is 0 Å². The number of hydrogen-bond acceptors (Lipinski definition) is 5. The number of rotatable bonds is 11. The summed E-state index contributed by atoms with van der Waals surface area (Å²) in [6, 6.07) is 5.06. The van der Waals surface area contributed by atoms with Crippen LogP contribution in [0, 0.1) is 11.8 Å². The number of para-hydroxylation sites is 1. The molecule has 0 N–H and O–H groups in total. The zero-order valence-corrected chi connectivity index (χ0v) is 16.7. The van der Waals surface area contributed by atoms with E-state index >= 15 is 0 Å². The largest absolute Gasteiger partial charge is 0.490 e. The zero-order chi connectivity index (χ0) is 19.5. The molecule has 1 aromatic carbocycles. The van der Waals surface area contributed by atoms with E-state index in [-0.39, 0.29) is 29.3 Å². The molecule has 146 valence electrons. The molecule has 0 bridgehead atoms. The lowest BCUT2D eigenvalue weighted by atomic mass is 10.2. The van der Waals surface area contributed by atoms with Gasteiger partial charge in [0.1, 0.15) is 0 Å². The van der Waals surface area contributed by atoms with E-state index in [0.717, 1.165) is 12.8 Å². The Kier molecular flexibility index (Phi) is 9.78. The predicted molar refractivity (Wildman–Crippen MR) is 102 cm³/mol. The van der Waals surface area contributed by atoms with Gasteiger partial charge in [-0.3, -0.25) is 9.59 Å². The van der Waals surface area contributed by atoms with Crippen LogP contribution in [-0.4, -0.2) is 18.5 Å². The molecule has 0 saturated carbocycles. The molecule has 0 saturated heterocycles. The molecule has 1 rings (SSSR count). The van der Waals surface area contributed by atoms with Gasteiger partial charge >= 0.3 is 11.9 Å². The fourth-order valence-electron chi connectivity index (χ4n) is 2.12. The first kappa shape index (κ1) is 22.0. The fourth-order valence-corrected chi connectivity index (χ4v) is 2.12. The molecule has 1 aromatic rings. The predicted octanol–water partition coefficient (Wildman–Crippen LogP) is 5.16. The van der Waals surface area contributed by atoms with Gasteiger partial charge in [0.2, 0.25) is 5.75 Å². The Morgan fingerprint density at radius 2 is 1.42 bits per heavy atom. The van der Waals surface area contributed by atoms with Crippen LogP contribution in [-0.2, 0) is 9.59 Å². The molecule has 0 amide bonds. The quantitative estimate of drug-likeness (QED) is 0.308. The average molecular weight is 364 g/mol. The summed E-state index contributed by atoms with van der Waals surface area (Å²) >= 11 is 0. The minimum atomic E-state index is -0.397. The van der Waals surface area contributed by atoms with Gasteiger partial charge in [0.05, 0.1) is 18.4 Å². The first-order valence-corrected chi connectivity index (χ1v) is 9.56. The van der Waals surface area contributed by atoms with Crippen molar-refractivity contribution < 1.29 is 23.8 Å². The summed E-state index contributed by atoms with van der Waals surface area (Å²) < 4.78 is 16.7. The summed E-state index contributed by atoms with van der Waals surface area (Å²) in [5.74, 6) is -0.564. The van der Waals surface area contributed by atoms with Gasteiger partial charge < -0.3 is 14.2 Å². The Morgan fingerprint density at radius 3 is 2.04 bits per heavy atom. The second kappa shape index (κ2) is 11.6. The molecule has 0 aliphatic carbocycles. The van der Waals surface area contributed by atoms with E-state index in [4.69, 9.17) is 14.2 Å². The van der Waals surface area contributed by atoms with Crippen LogP contribution in [0.3, 0.4) is 0 Å². The number of carbonyl (C=O) groups is 2. The number of unbranched alkanes of at least 4 members (excludes halogenated alkanes) is 4. The molecule has 0 aliphatic rings. The SMILES string of the molecule is CCCCCCCOc1cccc(OC(=O)C(C)C)c1OC(=O)C(C)C. The molecule has 5 nitrogen and oxygen atoms in total. The van der Waals surface area contributed by atoms with Crippen molar-refractivity contribution in [3.8, 4) is 17.2 Å². The van der Waals surface area contributed by atoms with E-state index in [1.165, 1.54) is 19.3 Å². The van der Waals surface area contributed by atoms with Crippen molar-refractivity contribution in [3.05, 3.63) is 18.2 Å². The summed E-state index contributed by atoms with van der Waals surface area (Å²) in [6.45, 7) is 9.70. The van der Waals surface area contributed by atoms with E-state index in [2.05, 4.69) is 6.92 Å². The molecular formula is C21H32O5. The average Bonchev–Trinajstić information content (AvgIpc) is 2.59. The van der Waals surface area contributed by atoms with Gasteiger partial charge in [-0.05, 0) is 18.6 Å². The number of hydrogen-bond donors (Lipinski definition) is 0. The van der Waals surface area contributed by atoms with E-state index in [1.807, 2.05) is 0 Å². The molecule has 5 heteroatoms. The van der Waals surface area contributed by atoms with Crippen LogP contribution in [0.25, 0.3) is 0 Å². The van der Waals surface area contributed by atoms with Crippen LogP contribution < -0.4 is 14.2 Å². The highest BCUT2D eigenvalue weighted by Crippen LogP contribution is 2.38. The lowest BCUT2D eigenvalue weighted by molar-refractivity contribution is -0.140. The Bertz CT molecular complexity index is 578. The van der Waals surface area contributed by atoms with E-state index in [1.54, 1.807) is 45.9 Å². The van der Waals surface area contributed by atoms with E-state index in [9.17, 15) is 9.59 Å². The smallest absolute Gasteiger partial charge is 0.314 e. The highest BCUT2D eigenvalue weighted by Gasteiger charge is 2.21. The highest BCUT2D eigenvalue weighted by atomic mass is 16.6. The van der Waals surface area contributed by atoms with Gasteiger partial charge in [-0.15, -0.1) is 0 Å². The third-order valence-electron chi connectivity index (χ3n) is 3.80. The maximum Gasteiger partial charge on any atom is 0.314 e. The van der Waals surface area contributed by atoms with Crippen molar-refractivity contribution in [2.45, 2.75) is 66.7 Å². The van der Waals surface area contributed by atoms with Crippen molar-refractivity contribution in [1.29, 1.82) is 0 Å². The van der Waals surface area contributed by atoms with Crippen LogP contribution >= 0.6 is 0 Å². The third kappa shape index (κ3) is 7.46. The monoisotopic (exact) mass is 364 g/mol. The van der Waals surface area contributed by atoms with Crippen LogP contribution in [0.5, 0.6) is 17.2 Å². The minimum absolute atomic E-state index is 0.175. The number of ether oxygens (including phenoxy) is 3. The van der Waals surface area contributed by atoms with Crippen LogP contribution in [0.1, 0.15) is 66.7 Å². The second-order valence-corrected chi connectivity index (χ2v) is 7.00. The maximum atomic E-state index is 12.1. The molecule has 0 aromatic heterocycles. The first-order valence-electron chi connectivity index (χ1n) is 9.56. The van der Waals surface area contributed by atoms with Gasteiger partial charge in [0, 0.05) is 0 Å². The molecule has 0 unspecified atom stereocenters. The highest BCUT2D eigenvalue weighted by molar-refractivity contribution is 5.79. The van der Waals surface area contributed by atoms with Crippen LogP contribution in [0.4, 0.5) is 0 Å². The van der Waals surface area contributed by atoms with Crippen LogP contribution in [0.15, 0.2) is 18.2 Å². The van der Waals surface area contributed by atoms with E-state index in [0.29, 0.717) is 12.4 Å². The standard InChI is InChI=1S/C21H32O5/c1-6-7-8-9-10-14-24-17-12-11-13-18(25-20(22)15(2)3)19(17)26-21(23)16(4)5/h11-13,15-16H,6-10,14H2,1-5H3. The minimum Gasteiger partial charge on any atom is -0.490 e. The summed E-state index contributed by atoms with van der Waals surface area (Å²) in [5, 5.41) is 0. The number of esters is 2. The van der Waals surface area contributed by atoms with Gasteiger partial charge in [0.25, 0.3) is 0 Å². The number of benzene rings is 1. The lowest BCUT2D eigenvalue weighted by Crippen LogP contribution is -2.19. The van der Waals surface area contributed by atoms with Gasteiger partial charge in [-0.2, -0.15) is 0 Å². The molecule has 0 fully saturated rings. The Morgan fingerprint density at radius 1 is 0.846 bits per heavy atom. The van der Waals surface area contributed by atoms with Gasteiger partial charge in [0.15, 0.2) is 11.5 Å². The molecular weight excluding hydrogens is 332 g/mol. The lowest BCUT2D eigenvalue weighted by Gasteiger charge is -2.16. The third-order valence-corrected chi connectivity index (χ3v) is 3.80. The Hall–Kier alpha value is -2.04. The second-order valence-electron chi connectivity index (χ2n) is 7.00. The molecule has 0 atom stereocenters. The van der Waals surface area contributed by atoms with Crippen LogP contribution in [0.2, 0.25) is 0 Å². The molecule has 26 heavy (non-hydrogen) atoms. The van der Waals surface area contributed by atoms with Crippen molar-refractivity contribution in [2.24, 2.45) is 11.8 Å². The summed E-state index contributed by atoms with van der Waals surface area (Å²) in [5.41, 5.74) is 0. The first-order chi connectivity index (χ1) is 12.4. The van der Waals surface area contributed by atoms with Crippen molar-refractivity contribution in [2.75, 3.05) is 6.61 Å². The van der Waals surface area contributed by atoms with E-state index < -0.39 is 5.97 Å². The summed E-state index contributed by atoms with van der Waals surface area (Å²) in [7, 11) is 0. The fraction of sp³-hybridized carbons (Fsp3) is 0.619. The maximum absolute atomic E-state index is 12.1. The Balaban J connectivity index is 2.89. The molecule has 0 spiro atoms. The topological polar surface area (TPSA) is 61.8 Å².